The molecule has 3 rings (SSSR count). The van der Waals surface area contributed by atoms with Gasteiger partial charge in [-0.2, -0.15) is 0 Å². The number of halogens is 1. The summed E-state index contributed by atoms with van der Waals surface area (Å²) in [5.74, 6) is -0.749. The Morgan fingerprint density at radius 2 is 2.05 bits per heavy atom. The second-order valence-corrected chi connectivity index (χ2v) is 5.04. The average Bonchev–Trinajstić information content (AvgIpc) is 2.53. The van der Waals surface area contributed by atoms with E-state index in [9.17, 15) is 9.18 Å². The first-order valence-electron chi connectivity index (χ1n) is 6.98. The molecule has 2 aromatic carbocycles. The van der Waals surface area contributed by atoms with E-state index in [1.165, 1.54) is 6.07 Å². The third kappa shape index (κ3) is 2.95. The zero-order valence-electron chi connectivity index (χ0n) is 11.6. The van der Waals surface area contributed by atoms with E-state index in [0.717, 1.165) is 30.6 Å². The van der Waals surface area contributed by atoms with Gasteiger partial charge in [-0.25, -0.2) is 9.18 Å². The Morgan fingerprint density at radius 1 is 1.19 bits per heavy atom. The minimum atomic E-state index is -0.392. The fourth-order valence-electron chi connectivity index (χ4n) is 2.56. The zero-order valence-corrected chi connectivity index (χ0v) is 11.6. The molecule has 4 heteroatoms. The van der Waals surface area contributed by atoms with Crippen LogP contribution < -0.4 is 5.32 Å². The van der Waals surface area contributed by atoms with Crippen LogP contribution >= 0.6 is 0 Å². The molecule has 0 radical (unpaired) electrons. The number of carbonyl (C=O) groups is 1. The molecule has 1 aliphatic heterocycles. The van der Waals surface area contributed by atoms with E-state index < -0.39 is 5.97 Å². The normalized spacial score (nSPS) is 13.6. The molecule has 108 valence electrons. The molecule has 0 spiro atoms. The van der Waals surface area contributed by atoms with Gasteiger partial charge in [-0.1, -0.05) is 30.3 Å². The van der Waals surface area contributed by atoms with Crippen molar-refractivity contribution in [3.8, 4) is 0 Å². The lowest BCUT2D eigenvalue weighted by molar-refractivity contribution is 0.0467. The molecular formula is C17H16FNO2. The summed E-state index contributed by atoms with van der Waals surface area (Å²) in [7, 11) is 0. The first-order chi connectivity index (χ1) is 10.3. The molecule has 0 bridgehead atoms. The molecule has 0 fully saturated rings. The summed E-state index contributed by atoms with van der Waals surface area (Å²) in [6.07, 6.45) is 0.806. The summed E-state index contributed by atoms with van der Waals surface area (Å²) in [5.41, 5.74) is 3.14. The summed E-state index contributed by atoms with van der Waals surface area (Å²) in [6, 6.07) is 11.9. The van der Waals surface area contributed by atoms with Crippen LogP contribution in [-0.2, 0) is 24.3 Å². The lowest BCUT2D eigenvalue weighted by atomic mass is 9.95. The Bertz CT molecular complexity index is 670. The highest BCUT2D eigenvalue weighted by atomic mass is 19.1. The smallest absolute Gasteiger partial charge is 0.338 e. The third-order valence-electron chi connectivity index (χ3n) is 3.68. The minimum Gasteiger partial charge on any atom is -0.457 e. The average molecular weight is 285 g/mol. The molecule has 0 atom stereocenters. The number of hydrogen-bond donors (Lipinski definition) is 1. The maximum Gasteiger partial charge on any atom is 0.338 e. The number of carbonyl (C=O) groups excluding carboxylic acids is 1. The maximum absolute atomic E-state index is 13.5. The maximum atomic E-state index is 13.5. The molecule has 0 saturated carbocycles. The van der Waals surface area contributed by atoms with Crippen molar-refractivity contribution in [1.82, 2.24) is 5.32 Å². The van der Waals surface area contributed by atoms with E-state index >= 15 is 0 Å². The van der Waals surface area contributed by atoms with Crippen LogP contribution in [0.15, 0.2) is 42.5 Å². The molecular weight excluding hydrogens is 269 g/mol. The van der Waals surface area contributed by atoms with Gasteiger partial charge in [0, 0.05) is 12.1 Å². The molecule has 1 heterocycles. The third-order valence-corrected chi connectivity index (χ3v) is 3.68. The molecule has 0 saturated heterocycles. The van der Waals surface area contributed by atoms with E-state index in [1.807, 2.05) is 12.1 Å². The highest BCUT2D eigenvalue weighted by Crippen LogP contribution is 2.20. The van der Waals surface area contributed by atoms with Crippen molar-refractivity contribution in [3.63, 3.8) is 0 Å². The predicted octanol–water partition coefficient (Wildman–Crippen LogP) is 2.83. The summed E-state index contributed by atoms with van der Waals surface area (Å²) < 4.78 is 18.8. The van der Waals surface area contributed by atoms with Crippen molar-refractivity contribution in [2.24, 2.45) is 0 Å². The van der Waals surface area contributed by atoms with Crippen LogP contribution in [0.1, 0.15) is 27.0 Å². The highest BCUT2D eigenvalue weighted by molar-refractivity contribution is 5.91. The van der Waals surface area contributed by atoms with Gasteiger partial charge in [0.05, 0.1) is 5.56 Å². The summed E-state index contributed by atoms with van der Waals surface area (Å²) in [6.45, 7) is 1.57. The van der Waals surface area contributed by atoms with Crippen LogP contribution in [0.4, 0.5) is 4.39 Å². The zero-order chi connectivity index (χ0) is 14.7. The molecule has 2 aromatic rings. The van der Waals surface area contributed by atoms with E-state index in [0.29, 0.717) is 11.1 Å². The topological polar surface area (TPSA) is 38.3 Å². The number of nitrogens with one attached hydrogen (secondary N) is 1. The molecule has 0 aromatic heterocycles. The number of esters is 1. The van der Waals surface area contributed by atoms with Gasteiger partial charge in [0.2, 0.25) is 0 Å². The quantitative estimate of drug-likeness (QED) is 0.881. The van der Waals surface area contributed by atoms with E-state index in [1.54, 1.807) is 24.3 Å². The standard InChI is InChI=1S/C17H16FNO2/c18-16-7-2-1-4-13(16)11-21-17(20)15-6-3-5-12-10-19-9-8-14(12)15/h1-7,19H,8-11H2. The fourth-order valence-corrected chi connectivity index (χ4v) is 2.56. The van der Waals surface area contributed by atoms with Gasteiger partial charge in [0.1, 0.15) is 12.4 Å². The molecule has 1 aliphatic rings. The molecule has 0 unspecified atom stereocenters. The van der Waals surface area contributed by atoms with E-state index in [2.05, 4.69) is 5.32 Å². The van der Waals surface area contributed by atoms with Crippen LogP contribution in [0.5, 0.6) is 0 Å². The lowest BCUT2D eigenvalue weighted by Gasteiger charge is -2.19. The summed E-state index contributed by atoms with van der Waals surface area (Å²) in [5, 5.41) is 3.27. The van der Waals surface area contributed by atoms with Gasteiger partial charge < -0.3 is 10.1 Å². The van der Waals surface area contributed by atoms with Gasteiger partial charge >= 0.3 is 5.97 Å². The second kappa shape index (κ2) is 6.06. The van der Waals surface area contributed by atoms with Gasteiger partial charge in [0.15, 0.2) is 0 Å². The van der Waals surface area contributed by atoms with Crippen molar-refractivity contribution < 1.29 is 13.9 Å². The number of benzene rings is 2. The van der Waals surface area contributed by atoms with Gasteiger partial charge in [-0.15, -0.1) is 0 Å². The Labute approximate surface area is 122 Å². The first-order valence-corrected chi connectivity index (χ1v) is 6.98. The highest BCUT2D eigenvalue weighted by Gasteiger charge is 2.18. The number of ether oxygens (including phenoxy) is 1. The van der Waals surface area contributed by atoms with Gasteiger partial charge in [0.25, 0.3) is 0 Å². The van der Waals surface area contributed by atoms with Crippen molar-refractivity contribution in [1.29, 1.82) is 0 Å². The fraction of sp³-hybridized carbons (Fsp3) is 0.235. The Balaban J connectivity index is 1.76. The molecule has 1 N–H and O–H groups in total. The van der Waals surface area contributed by atoms with Crippen LogP contribution in [0, 0.1) is 5.82 Å². The monoisotopic (exact) mass is 285 g/mol. The van der Waals surface area contributed by atoms with Crippen LogP contribution in [-0.4, -0.2) is 12.5 Å². The summed E-state index contributed by atoms with van der Waals surface area (Å²) in [4.78, 5) is 12.2. The predicted molar refractivity (Wildman–Crippen MR) is 77.4 cm³/mol. The van der Waals surface area contributed by atoms with Crippen LogP contribution in [0.25, 0.3) is 0 Å². The molecule has 0 amide bonds. The van der Waals surface area contributed by atoms with Crippen LogP contribution in [0.2, 0.25) is 0 Å². The van der Waals surface area contributed by atoms with E-state index in [-0.39, 0.29) is 12.4 Å². The SMILES string of the molecule is O=C(OCc1ccccc1F)c1cccc2c1CCNC2. The van der Waals surface area contributed by atoms with Crippen molar-refractivity contribution in [2.45, 2.75) is 19.6 Å². The molecule has 0 aliphatic carbocycles. The molecule has 21 heavy (non-hydrogen) atoms. The van der Waals surface area contributed by atoms with Crippen LogP contribution in [0.3, 0.4) is 0 Å². The Hall–Kier alpha value is -2.20. The second-order valence-electron chi connectivity index (χ2n) is 5.04. The van der Waals surface area contributed by atoms with Crippen molar-refractivity contribution in [2.75, 3.05) is 6.54 Å². The number of rotatable bonds is 3. The molecule has 3 nitrogen and oxygen atoms in total. The Kier molecular flexibility index (Phi) is 3.97. The minimum absolute atomic E-state index is 0.0482. The summed E-state index contributed by atoms with van der Waals surface area (Å²) >= 11 is 0. The number of fused-ring (bicyclic) bond motifs is 1. The van der Waals surface area contributed by atoms with Crippen molar-refractivity contribution >= 4 is 5.97 Å². The number of hydrogen-bond acceptors (Lipinski definition) is 3. The van der Waals surface area contributed by atoms with E-state index in [4.69, 9.17) is 4.74 Å². The lowest BCUT2D eigenvalue weighted by Crippen LogP contribution is -2.25. The first kappa shape index (κ1) is 13.8. The van der Waals surface area contributed by atoms with Crippen molar-refractivity contribution in [3.05, 3.63) is 70.5 Å². The van der Waals surface area contributed by atoms with Gasteiger partial charge in [-0.05, 0) is 36.2 Å². The van der Waals surface area contributed by atoms with Gasteiger partial charge in [-0.3, -0.25) is 0 Å². The Morgan fingerprint density at radius 3 is 2.90 bits per heavy atom. The largest absolute Gasteiger partial charge is 0.457 e.